The van der Waals surface area contributed by atoms with Gasteiger partial charge in [0.2, 0.25) is 0 Å². The molecule has 4 rings (SSSR count). The zero-order valence-corrected chi connectivity index (χ0v) is 13.5. The Morgan fingerprint density at radius 3 is 2.78 bits per heavy atom. The minimum atomic E-state index is 0.788. The molecule has 0 radical (unpaired) electrons. The summed E-state index contributed by atoms with van der Waals surface area (Å²) >= 11 is 1.74. The smallest absolute Gasteiger partial charge is 0.165 e. The number of nitrogens with one attached hydrogen (secondary N) is 1. The number of fused-ring (bicyclic) bond motifs is 1. The first-order chi connectivity index (χ1) is 11.3. The van der Waals surface area contributed by atoms with Crippen LogP contribution in [-0.4, -0.2) is 14.6 Å². The van der Waals surface area contributed by atoms with Crippen LogP contribution in [0, 0.1) is 6.92 Å². The summed E-state index contributed by atoms with van der Waals surface area (Å²) in [5, 5.41) is 10.0. The molecule has 0 saturated heterocycles. The molecule has 0 aliphatic heterocycles. The van der Waals surface area contributed by atoms with E-state index in [0.29, 0.717) is 0 Å². The molecular weight excluding hydrogens is 304 g/mol. The van der Waals surface area contributed by atoms with Gasteiger partial charge in [0, 0.05) is 16.6 Å². The second-order valence-corrected chi connectivity index (χ2v) is 6.45. The lowest BCUT2D eigenvalue weighted by Gasteiger charge is -2.07. The Hall–Kier alpha value is -2.66. The highest BCUT2D eigenvalue weighted by Gasteiger charge is 2.10. The van der Waals surface area contributed by atoms with Gasteiger partial charge in [0.15, 0.2) is 5.65 Å². The van der Waals surface area contributed by atoms with E-state index in [0.717, 1.165) is 29.1 Å². The Bertz CT molecular complexity index is 923. The molecule has 0 atom stereocenters. The Morgan fingerprint density at radius 1 is 1.13 bits per heavy atom. The van der Waals surface area contributed by atoms with Gasteiger partial charge in [-0.3, -0.25) is 0 Å². The van der Waals surface area contributed by atoms with Crippen molar-refractivity contribution < 1.29 is 0 Å². The highest BCUT2D eigenvalue weighted by atomic mass is 32.1. The van der Waals surface area contributed by atoms with Gasteiger partial charge in [-0.25, -0.2) is 4.98 Å². The van der Waals surface area contributed by atoms with Crippen LogP contribution in [0.15, 0.2) is 60.2 Å². The standard InChI is InChI=1S/C18H16N4S/c1-13-4-6-14(7-5-13)16-12-21-22-17(8-9-19-18(16)22)20-11-15-3-2-10-23-15/h2-10,12,20H,11H2,1H3. The largest absolute Gasteiger partial charge is 0.365 e. The molecule has 114 valence electrons. The first-order valence-electron chi connectivity index (χ1n) is 7.47. The molecule has 23 heavy (non-hydrogen) atoms. The normalized spacial score (nSPS) is 11.0. The van der Waals surface area contributed by atoms with E-state index < -0.39 is 0 Å². The molecule has 0 aliphatic rings. The van der Waals surface area contributed by atoms with Gasteiger partial charge >= 0.3 is 0 Å². The van der Waals surface area contributed by atoms with Gasteiger partial charge in [-0.2, -0.15) is 9.61 Å². The Morgan fingerprint density at radius 2 is 2.00 bits per heavy atom. The molecule has 1 aromatic carbocycles. The molecule has 0 amide bonds. The average molecular weight is 320 g/mol. The maximum atomic E-state index is 4.51. The van der Waals surface area contributed by atoms with Crippen molar-refractivity contribution in [3.63, 3.8) is 0 Å². The van der Waals surface area contributed by atoms with E-state index in [1.54, 1.807) is 11.3 Å². The Labute approximate surface area is 138 Å². The van der Waals surface area contributed by atoms with Crippen LogP contribution in [0.2, 0.25) is 0 Å². The second kappa shape index (κ2) is 5.85. The first-order valence-corrected chi connectivity index (χ1v) is 8.35. The minimum absolute atomic E-state index is 0.788. The van der Waals surface area contributed by atoms with Gasteiger partial charge in [0.05, 0.1) is 12.7 Å². The number of hydrogen-bond acceptors (Lipinski definition) is 4. The zero-order chi connectivity index (χ0) is 15.6. The predicted molar refractivity (Wildman–Crippen MR) is 94.8 cm³/mol. The molecule has 0 spiro atoms. The summed E-state index contributed by atoms with van der Waals surface area (Å²) in [6.07, 6.45) is 3.70. The van der Waals surface area contributed by atoms with Gasteiger partial charge < -0.3 is 5.32 Å². The number of thiophene rings is 1. The van der Waals surface area contributed by atoms with E-state index in [1.807, 2.05) is 23.0 Å². The Kier molecular flexibility index (Phi) is 3.55. The van der Waals surface area contributed by atoms with Crippen molar-refractivity contribution in [2.45, 2.75) is 13.5 Å². The van der Waals surface area contributed by atoms with E-state index in [2.05, 4.69) is 64.1 Å². The van der Waals surface area contributed by atoms with Crippen molar-refractivity contribution in [2.24, 2.45) is 0 Å². The molecule has 3 aromatic heterocycles. The monoisotopic (exact) mass is 320 g/mol. The fraction of sp³-hybridized carbons (Fsp3) is 0.111. The van der Waals surface area contributed by atoms with Gasteiger partial charge in [-0.05, 0) is 30.0 Å². The topological polar surface area (TPSA) is 42.2 Å². The number of aryl methyl sites for hydroxylation is 1. The molecule has 4 nitrogen and oxygen atoms in total. The highest BCUT2D eigenvalue weighted by Crippen LogP contribution is 2.25. The zero-order valence-electron chi connectivity index (χ0n) is 12.7. The molecule has 4 aromatic rings. The van der Waals surface area contributed by atoms with E-state index in [1.165, 1.54) is 10.4 Å². The van der Waals surface area contributed by atoms with Gasteiger partial charge in [-0.1, -0.05) is 35.9 Å². The minimum Gasteiger partial charge on any atom is -0.365 e. The molecular formula is C18H16N4S. The molecule has 0 saturated carbocycles. The van der Waals surface area contributed by atoms with Gasteiger partial charge in [0.25, 0.3) is 0 Å². The molecule has 0 unspecified atom stereocenters. The number of hydrogen-bond donors (Lipinski definition) is 1. The van der Waals surface area contributed by atoms with Crippen LogP contribution < -0.4 is 5.32 Å². The third-order valence-corrected chi connectivity index (χ3v) is 4.66. The summed E-state index contributed by atoms with van der Waals surface area (Å²) < 4.78 is 1.86. The van der Waals surface area contributed by atoms with Crippen LogP contribution in [-0.2, 0) is 6.54 Å². The summed E-state index contributed by atoms with van der Waals surface area (Å²) in [6, 6.07) is 14.6. The highest BCUT2D eigenvalue weighted by molar-refractivity contribution is 7.09. The van der Waals surface area contributed by atoms with Crippen LogP contribution in [0.3, 0.4) is 0 Å². The van der Waals surface area contributed by atoms with Crippen LogP contribution in [0.25, 0.3) is 16.8 Å². The van der Waals surface area contributed by atoms with E-state index in [9.17, 15) is 0 Å². The number of anilines is 1. The predicted octanol–water partition coefficient (Wildman–Crippen LogP) is 4.38. The lowest BCUT2D eigenvalue weighted by atomic mass is 10.1. The van der Waals surface area contributed by atoms with Gasteiger partial charge in [-0.15, -0.1) is 11.3 Å². The second-order valence-electron chi connectivity index (χ2n) is 5.42. The number of rotatable bonds is 4. The maximum absolute atomic E-state index is 4.51. The van der Waals surface area contributed by atoms with Crippen molar-refractivity contribution in [1.82, 2.24) is 14.6 Å². The van der Waals surface area contributed by atoms with E-state index >= 15 is 0 Å². The third kappa shape index (κ3) is 2.71. The molecule has 0 aliphatic carbocycles. The van der Waals surface area contributed by atoms with Crippen LogP contribution >= 0.6 is 11.3 Å². The maximum Gasteiger partial charge on any atom is 0.165 e. The molecule has 0 fully saturated rings. The molecule has 1 N–H and O–H groups in total. The van der Waals surface area contributed by atoms with Crippen molar-refractivity contribution in [2.75, 3.05) is 5.32 Å². The van der Waals surface area contributed by atoms with Gasteiger partial charge in [0.1, 0.15) is 5.82 Å². The average Bonchev–Trinajstić information content (AvgIpc) is 3.23. The van der Waals surface area contributed by atoms with Crippen molar-refractivity contribution >= 4 is 22.8 Å². The van der Waals surface area contributed by atoms with Crippen molar-refractivity contribution in [1.29, 1.82) is 0 Å². The van der Waals surface area contributed by atoms with Crippen LogP contribution in [0.4, 0.5) is 5.82 Å². The summed E-state index contributed by atoms with van der Waals surface area (Å²) in [7, 11) is 0. The molecule has 0 bridgehead atoms. The lowest BCUT2D eigenvalue weighted by molar-refractivity contribution is 0.928. The third-order valence-electron chi connectivity index (χ3n) is 3.79. The summed E-state index contributed by atoms with van der Waals surface area (Å²) in [6.45, 7) is 2.88. The number of benzene rings is 1. The van der Waals surface area contributed by atoms with E-state index in [-0.39, 0.29) is 0 Å². The lowest BCUT2D eigenvalue weighted by Crippen LogP contribution is -2.04. The number of aromatic nitrogens is 3. The Balaban J connectivity index is 1.70. The SMILES string of the molecule is Cc1ccc(-c2cnn3c(NCc4cccs4)ccnc23)cc1. The summed E-state index contributed by atoms with van der Waals surface area (Å²) in [4.78, 5) is 5.80. The summed E-state index contributed by atoms with van der Waals surface area (Å²) in [5.74, 6) is 0.946. The molecule has 5 heteroatoms. The van der Waals surface area contributed by atoms with E-state index in [4.69, 9.17) is 0 Å². The van der Waals surface area contributed by atoms with Crippen molar-refractivity contribution in [3.05, 3.63) is 70.7 Å². The number of nitrogens with zero attached hydrogens (tertiary/aromatic N) is 3. The fourth-order valence-corrected chi connectivity index (χ4v) is 3.20. The summed E-state index contributed by atoms with van der Waals surface area (Å²) in [5.41, 5.74) is 4.29. The first kappa shape index (κ1) is 14.0. The van der Waals surface area contributed by atoms with Crippen molar-refractivity contribution in [3.8, 4) is 11.1 Å². The molecule has 3 heterocycles. The quantitative estimate of drug-likeness (QED) is 0.607. The van der Waals surface area contributed by atoms with Crippen LogP contribution in [0.1, 0.15) is 10.4 Å². The van der Waals surface area contributed by atoms with Crippen LogP contribution in [0.5, 0.6) is 0 Å². The fourth-order valence-electron chi connectivity index (χ4n) is 2.55.